The van der Waals surface area contributed by atoms with Gasteiger partial charge in [-0.2, -0.15) is 0 Å². The highest BCUT2D eigenvalue weighted by Crippen LogP contribution is 2.56. The predicted octanol–water partition coefficient (Wildman–Crippen LogP) is 13.8. The van der Waals surface area contributed by atoms with Gasteiger partial charge in [-0.3, -0.25) is 0 Å². The van der Waals surface area contributed by atoms with Crippen LogP contribution in [0, 0.1) is 0 Å². The number of benzene rings is 6. The standard InChI is InChI=1S/C55H45N/c1-54(2)47-18-10-7-14-38(47)40-25-22-35(31-49(40)54)53-43-17-6-5-13-37(43)45-29-33(21-26-44(45)53)34-23-28-52-46(30-34)42-16-9-12-20-51(42)56(52)36-24-27-41-39-15-8-11-19-48(39)55(3,4)50(41)32-36/h5-9,11-17,19-32,46,52-53H,10,18H2,1-4H3. The number of para-hydroxylation sites is 1. The fourth-order valence-corrected chi connectivity index (χ4v) is 11.6. The molecule has 56 heavy (non-hydrogen) atoms. The Morgan fingerprint density at radius 2 is 1.30 bits per heavy atom. The summed E-state index contributed by atoms with van der Waals surface area (Å²) < 4.78 is 0. The molecule has 6 aromatic carbocycles. The largest absolute Gasteiger partial charge is 0.333 e. The van der Waals surface area contributed by atoms with Crippen LogP contribution in [0.1, 0.15) is 102 Å². The first-order valence-corrected chi connectivity index (χ1v) is 20.6. The minimum absolute atomic E-state index is 0.0351. The van der Waals surface area contributed by atoms with E-state index in [-0.39, 0.29) is 28.7 Å². The Morgan fingerprint density at radius 1 is 0.571 bits per heavy atom. The molecule has 6 aromatic rings. The Morgan fingerprint density at radius 3 is 2.20 bits per heavy atom. The van der Waals surface area contributed by atoms with E-state index in [9.17, 15) is 0 Å². The third-order valence-corrected chi connectivity index (χ3v) is 14.4. The van der Waals surface area contributed by atoms with E-state index in [1.165, 1.54) is 94.8 Å². The first-order valence-electron chi connectivity index (χ1n) is 20.6. The molecule has 0 amide bonds. The van der Waals surface area contributed by atoms with Crippen LogP contribution in [-0.4, -0.2) is 6.04 Å². The summed E-state index contributed by atoms with van der Waals surface area (Å²) in [6, 6.07) is 49.2. The van der Waals surface area contributed by atoms with Crippen molar-refractivity contribution in [2.45, 2.75) is 69.2 Å². The second kappa shape index (κ2) is 11.3. The number of hydrogen-bond donors (Lipinski definition) is 0. The van der Waals surface area contributed by atoms with E-state index in [0.717, 1.165) is 12.8 Å². The lowest BCUT2D eigenvalue weighted by Crippen LogP contribution is -2.29. The van der Waals surface area contributed by atoms with Crippen LogP contribution in [0.25, 0.3) is 33.4 Å². The van der Waals surface area contributed by atoms with Crippen LogP contribution in [-0.2, 0) is 10.8 Å². The number of rotatable bonds is 3. The topological polar surface area (TPSA) is 3.24 Å². The molecule has 0 radical (unpaired) electrons. The van der Waals surface area contributed by atoms with Crippen LogP contribution in [0.3, 0.4) is 0 Å². The molecule has 1 aliphatic heterocycles. The van der Waals surface area contributed by atoms with Crippen molar-refractivity contribution >= 4 is 22.5 Å². The first kappa shape index (κ1) is 32.3. The van der Waals surface area contributed by atoms with Gasteiger partial charge < -0.3 is 4.90 Å². The van der Waals surface area contributed by atoms with Gasteiger partial charge in [-0.05, 0) is 121 Å². The fraction of sp³-hybridized carbons (Fsp3) is 0.200. The SMILES string of the molecule is CC1(C)C2=C(C=CCC2)c2ccc(C3c4ccccc4-c4cc(C5=CC6c7ccccc7N(c7ccc8c(c7)C(C)(C)c7ccccc7-8)C6C=C5)ccc43)cc21. The maximum Gasteiger partial charge on any atom is 0.0630 e. The molecule has 0 saturated carbocycles. The van der Waals surface area contributed by atoms with Crippen LogP contribution in [0.15, 0.2) is 163 Å². The van der Waals surface area contributed by atoms with Crippen LogP contribution < -0.4 is 4.90 Å². The van der Waals surface area contributed by atoms with Gasteiger partial charge in [0.1, 0.15) is 0 Å². The summed E-state index contributed by atoms with van der Waals surface area (Å²) in [5, 5.41) is 0. The zero-order valence-electron chi connectivity index (χ0n) is 32.6. The van der Waals surface area contributed by atoms with Gasteiger partial charge in [0.05, 0.1) is 6.04 Å². The summed E-state index contributed by atoms with van der Waals surface area (Å²) >= 11 is 0. The Hall–Kier alpha value is -5.92. The lowest BCUT2D eigenvalue weighted by molar-refractivity contribution is 0.606. The highest BCUT2D eigenvalue weighted by Gasteiger charge is 2.42. The van der Waals surface area contributed by atoms with Crippen molar-refractivity contribution in [2.24, 2.45) is 0 Å². The van der Waals surface area contributed by atoms with E-state index >= 15 is 0 Å². The van der Waals surface area contributed by atoms with Crippen LogP contribution in [0.5, 0.6) is 0 Å². The molecule has 270 valence electrons. The summed E-state index contributed by atoms with van der Waals surface area (Å²) in [5.41, 5.74) is 25.2. The lowest BCUT2D eigenvalue weighted by Gasteiger charge is -2.31. The van der Waals surface area contributed by atoms with Gasteiger partial charge in [-0.1, -0.05) is 167 Å². The van der Waals surface area contributed by atoms with E-state index < -0.39 is 0 Å². The number of hydrogen-bond acceptors (Lipinski definition) is 1. The molecule has 0 spiro atoms. The molecule has 1 nitrogen and oxygen atoms in total. The summed E-state index contributed by atoms with van der Waals surface area (Å²) in [4.78, 5) is 2.59. The molecule has 3 unspecified atom stereocenters. The van der Waals surface area contributed by atoms with E-state index in [1.807, 2.05) is 0 Å². The Bertz CT molecular complexity index is 2830. The molecule has 3 atom stereocenters. The monoisotopic (exact) mass is 719 g/mol. The van der Waals surface area contributed by atoms with Gasteiger partial charge >= 0.3 is 0 Å². The van der Waals surface area contributed by atoms with E-state index in [0.29, 0.717) is 0 Å². The Kier molecular flexibility index (Phi) is 6.54. The van der Waals surface area contributed by atoms with Gasteiger partial charge in [-0.15, -0.1) is 0 Å². The summed E-state index contributed by atoms with van der Waals surface area (Å²) in [6.07, 6.45) is 14.4. The molecule has 0 N–H and O–H groups in total. The molecular weight excluding hydrogens is 675 g/mol. The maximum absolute atomic E-state index is 2.59. The lowest BCUT2D eigenvalue weighted by atomic mass is 9.77. The average Bonchev–Trinajstić information content (AvgIpc) is 3.89. The van der Waals surface area contributed by atoms with Crippen molar-refractivity contribution in [1.82, 2.24) is 0 Å². The van der Waals surface area contributed by atoms with Crippen molar-refractivity contribution in [1.29, 1.82) is 0 Å². The van der Waals surface area contributed by atoms with Gasteiger partial charge in [0.2, 0.25) is 0 Å². The normalized spacial score (nSPS) is 22.1. The van der Waals surface area contributed by atoms with E-state index in [2.05, 4.69) is 190 Å². The summed E-state index contributed by atoms with van der Waals surface area (Å²) in [7, 11) is 0. The van der Waals surface area contributed by atoms with Gasteiger partial charge in [0.15, 0.2) is 0 Å². The molecule has 1 heteroatoms. The quantitative estimate of drug-likeness (QED) is 0.176. The van der Waals surface area contributed by atoms with Crippen LogP contribution in [0.2, 0.25) is 0 Å². The molecule has 6 aliphatic rings. The van der Waals surface area contributed by atoms with Crippen molar-refractivity contribution < 1.29 is 0 Å². The predicted molar refractivity (Wildman–Crippen MR) is 234 cm³/mol. The first-order chi connectivity index (χ1) is 27.3. The highest BCUT2D eigenvalue weighted by molar-refractivity contribution is 5.90. The molecular formula is C55H45N. The zero-order valence-corrected chi connectivity index (χ0v) is 32.6. The van der Waals surface area contributed by atoms with Crippen molar-refractivity contribution in [3.05, 3.63) is 213 Å². The second-order valence-electron chi connectivity index (χ2n) is 17.9. The molecule has 0 fully saturated rings. The zero-order chi connectivity index (χ0) is 37.5. The Labute approximate surface area is 331 Å². The number of fused-ring (bicyclic) bond motifs is 11. The van der Waals surface area contributed by atoms with Gasteiger partial charge in [0.25, 0.3) is 0 Å². The van der Waals surface area contributed by atoms with Crippen molar-refractivity contribution in [3.63, 3.8) is 0 Å². The number of allylic oxidation sites excluding steroid dienone is 6. The molecule has 12 rings (SSSR count). The van der Waals surface area contributed by atoms with E-state index in [4.69, 9.17) is 0 Å². The van der Waals surface area contributed by atoms with Crippen molar-refractivity contribution in [2.75, 3.05) is 4.90 Å². The molecule has 1 heterocycles. The molecule has 0 aromatic heterocycles. The van der Waals surface area contributed by atoms with Gasteiger partial charge in [0, 0.05) is 34.0 Å². The minimum Gasteiger partial charge on any atom is -0.333 e. The van der Waals surface area contributed by atoms with Crippen LogP contribution >= 0.6 is 0 Å². The number of anilines is 2. The smallest absolute Gasteiger partial charge is 0.0630 e. The molecule has 0 bridgehead atoms. The highest BCUT2D eigenvalue weighted by atomic mass is 15.2. The van der Waals surface area contributed by atoms with Gasteiger partial charge in [-0.25, -0.2) is 0 Å². The summed E-state index contributed by atoms with van der Waals surface area (Å²) in [6.45, 7) is 9.62. The second-order valence-corrected chi connectivity index (χ2v) is 17.9. The third-order valence-electron chi connectivity index (χ3n) is 14.4. The summed E-state index contributed by atoms with van der Waals surface area (Å²) in [5.74, 6) is 0.493. The molecule has 0 saturated heterocycles. The van der Waals surface area contributed by atoms with Crippen LogP contribution in [0.4, 0.5) is 11.4 Å². The minimum atomic E-state index is -0.0351. The Balaban J connectivity index is 0.910. The number of nitrogens with zero attached hydrogens (tertiary/aromatic N) is 1. The third kappa shape index (κ3) is 4.26. The molecule has 5 aliphatic carbocycles. The van der Waals surface area contributed by atoms with E-state index in [1.54, 1.807) is 5.57 Å². The fourth-order valence-electron chi connectivity index (χ4n) is 11.6. The average molecular weight is 720 g/mol. The maximum atomic E-state index is 2.59. The van der Waals surface area contributed by atoms with Crippen molar-refractivity contribution in [3.8, 4) is 22.3 Å².